The van der Waals surface area contributed by atoms with Crippen LogP contribution in [-0.4, -0.2) is 29.1 Å². The molecule has 0 spiro atoms. The van der Waals surface area contributed by atoms with Crippen LogP contribution in [0.5, 0.6) is 0 Å². The van der Waals surface area contributed by atoms with Gasteiger partial charge < -0.3 is 5.11 Å². The predicted molar refractivity (Wildman–Crippen MR) is 80.0 cm³/mol. The van der Waals surface area contributed by atoms with E-state index in [-0.39, 0.29) is 10.7 Å². The van der Waals surface area contributed by atoms with E-state index in [9.17, 15) is 14.3 Å². The number of carboxylic acid groups (broad SMARTS) is 1. The SMILES string of the molecule is CCC(C)N(C)Cc1c(C(=O)O)sc2cccc(F)c12. The molecule has 5 heteroatoms. The van der Waals surface area contributed by atoms with Gasteiger partial charge in [-0.2, -0.15) is 0 Å². The molecule has 2 aromatic rings. The molecular weight excluding hydrogens is 277 g/mol. The fourth-order valence-corrected chi connectivity index (χ4v) is 3.27. The van der Waals surface area contributed by atoms with Crippen molar-refractivity contribution in [3.8, 4) is 0 Å². The summed E-state index contributed by atoms with van der Waals surface area (Å²) in [7, 11) is 1.93. The first-order chi connectivity index (χ1) is 9.45. The highest BCUT2D eigenvalue weighted by Gasteiger charge is 2.22. The van der Waals surface area contributed by atoms with Crippen LogP contribution in [0, 0.1) is 5.82 Å². The largest absolute Gasteiger partial charge is 0.477 e. The molecule has 108 valence electrons. The standard InChI is InChI=1S/C15H18FNO2S/c1-4-9(2)17(3)8-10-13-11(16)6-5-7-12(13)20-14(10)15(18)19/h5-7,9H,4,8H2,1-3H3,(H,18,19). The van der Waals surface area contributed by atoms with Crippen LogP contribution in [0.4, 0.5) is 4.39 Å². The van der Waals surface area contributed by atoms with Gasteiger partial charge in [-0.3, -0.25) is 4.90 Å². The minimum atomic E-state index is -0.988. The maximum atomic E-state index is 14.1. The van der Waals surface area contributed by atoms with E-state index in [1.807, 2.05) is 7.05 Å². The third-order valence-corrected chi connectivity index (χ3v) is 4.89. The summed E-state index contributed by atoms with van der Waals surface area (Å²) >= 11 is 1.14. The van der Waals surface area contributed by atoms with Crippen molar-refractivity contribution in [2.75, 3.05) is 7.05 Å². The molecule has 1 atom stereocenters. The summed E-state index contributed by atoms with van der Waals surface area (Å²) < 4.78 is 14.7. The van der Waals surface area contributed by atoms with E-state index in [4.69, 9.17) is 0 Å². The summed E-state index contributed by atoms with van der Waals surface area (Å²) in [4.78, 5) is 13.7. The highest BCUT2D eigenvalue weighted by atomic mass is 32.1. The van der Waals surface area contributed by atoms with Gasteiger partial charge in [0.25, 0.3) is 0 Å². The highest BCUT2D eigenvalue weighted by molar-refractivity contribution is 7.21. The zero-order chi connectivity index (χ0) is 14.9. The average Bonchev–Trinajstić information content (AvgIpc) is 2.78. The van der Waals surface area contributed by atoms with Crippen molar-refractivity contribution in [1.29, 1.82) is 0 Å². The number of nitrogens with zero attached hydrogens (tertiary/aromatic N) is 1. The molecule has 1 aromatic carbocycles. The average molecular weight is 295 g/mol. The second-order valence-electron chi connectivity index (χ2n) is 5.00. The zero-order valence-corrected chi connectivity index (χ0v) is 12.6. The van der Waals surface area contributed by atoms with Crippen LogP contribution in [0.1, 0.15) is 35.5 Å². The van der Waals surface area contributed by atoms with Crippen molar-refractivity contribution in [1.82, 2.24) is 4.90 Å². The fourth-order valence-electron chi connectivity index (χ4n) is 2.21. The molecule has 3 nitrogen and oxygen atoms in total. The number of halogens is 1. The van der Waals surface area contributed by atoms with E-state index >= 15 is 0 Å². The number of benzene rings is 1. The van der Waals surface area contributed by atoms with Gasteiger partial charge in [0.15, 0.2) is 0 Å². The first-order valence-electron chi connectivity index (χ1n) is 6.59. The second-order valence-corrected chi connectivity index (χ2v) is 6.05. The summed E-state index contributed by atoms with van der Waals surface area (Å²) in [5, 5.41) is 9.78. The molecule has 0 aliphatic carbocycles. The number of carboxylic acids is 1. The van der Waals surface area contributed by atoms with Crippen LogP contribution in [0.25, 0.3) is 10.1 Å². The summed E-state index contributed by atoms with van der Waals surface area (Å²) in [6.45, 7) is 4.59. The lowest BCUT2D eigenvalue weighted by Gasteiger charge is -2.23. The molecule has 0 fully saturated rings. The molecule has 1 N–H and O–H groups in total. The molecule has 0 aliphatic heterocycles. The minimum absolute atomic E-state index is 0.236. The first kappa shape index (κ1) is 14.9. The van der Waals surface area contributed by atoms with E-state index in [1.165, 1.54) is 6.07 Å². The molecule has 0 saturated carbocycles. The van der Waals surface area contributed by atoms with Gasteiger partial charge in [0.1, 0.15) is 10.7 Å². The van der Waals surface area contributed by atoms with E-state index in [1.54, 1.807) is 12.1 Å². The summed E-state index contributed by atoms with van der Waals surface area (Å²) in [6, 6.07) is 5.08. The highest BCUT2D eigenvalue weighted by Crippen LogP contribution is 2.34. The molecule has 0 amide bonds. The Morgan fingerprint density at radius 2 is 2.20 bits per heavy atom. The van der Waals surface area contributed by atoms with Crippen LogP contribution in [0.15, 0.2) is 18.2 Å². The molecule has 1 aromatic heterocycles. The molecule has 0 saturated heterocycles. The smallest absolute Gasteiger partial charge is 0.346 e. The fraction of sp³-hybridized carbons (Fsp3) is 0.400. The monoisotopic (exact) mass is 295 g/mol. The lowest BCUT2D eigenvalue weighted by Crippen LogP contribution is -2.28. The van der Waals surface area contributed by atoms with Crippen molar-refractivity contribution >= 4 is 27.4 Å². The van der Waals surface area contributed by atoms with Crippen molar-refractivity contribution in [2.45, 2.75) is 32.9 Å². The number of rotatable bonds is 5. The maximum absolute atomic E-state index is 14.1. The van der Waals surface area contributed by atoms with Crippen LogP contribution in [-0.2, 0) is 6.54 Å². The van der Waals surface area contributed by atoms with Crippen molar-refractivity contribution in [3.05, 3.63) is 34.5 Å². The zero-order valence-electron chi connectivity index (χ0n) is 11.8. The van der Waals surface area contributed by atoms with Gasteiger partial charge in [0.05, 0.1) is 0 Å². The number of thiophene rings is 1. The van der Waals surface area contributed by atoms with Crippen molar-refractivity contribution in [3.63, 3.8) is 0 Å². The van der Waals surface area contributed by atoms with Gasteiger partial charge in [0.2, 0.25) is 0 Å². The maximum Gasteiger partial charge on any atom is 0.346 e. The van der Waals surface area contributed by atoms with Gasteiger partial charge in [-0.1, -0.05) is 13.0 Å². The number of hydrogen-bond acceptors (Lipinski definition) is 3. The van der Waals surface area contributed by atoms with Gasteiger partial charge >= 0.3 is 5.97 Å². The third kappa shape index (κ3) is 2.69. The van der Waals surface area contributed by atoms with E-state index in [0.717, 1.165) is 17.8 Å². The van der Waals surface area contributed by atoms with Gasteiger partial charge in [-0.05, 0) is 32.5 Å². The number of hydrogen-bond donors (Lipinski definition) is 1. The topological polar surface area (TPSA) is 40.5 Å². The molecule has 0 aliphatic rings. The Bertz CT molecular complexity index is 638. The second kappa shape index (κ2) is 5.89. The Balaban J connectivity index is 2.54. The van der Waals surface area contributed by atoms with E-state index in [2.05, 4.69) is 18.7 Å². The van der Waals surface area contributed by atoms with E-state index < -0.39 is 5.97 Å². The third-order valence-electron chi connectivity index (χ3n) is 3.71. The normalized spacial score (nSPS) is 13.1. The van der Waals surface area contributed by atoms with Crippen LogP contribution >= 0.6 is 11.3 Å². The number of carbonyl (C=O) groups is 1. The van der Waals surface area contributed by atoms with Gasteiger partial charge in [-0.25, -0.2) is 9.18 Å². The van der Waals surface area contributed by atoms with Gasteiger partial charge in [-0.15, -0.1) is 11.3 Å². The van der Waals surface area contributed by atoms with Crippen LogP contribution in [0.2, 0.25) is 0 Å². The lowest BCUT2D eigenvalue weighted by atomic mass is 10.1. The van der Waals surface area contributed by atoms with Crippen molar-refractivity contribution in [2.24, 2.45) is 0 Å². The first-order valence-corrected chi connectivity index (χ1v) is 7.40. The molecule has 20 heavy (non-hydrogen) atoms. The predicted octanol–water partition coefficient (Wildman–Crippen LogP) is 3.97. The quantitative estimate of drug-likeness (QED) is 0.907. The summed E-state index contributed by atoms with van der Waals surface area (Å²) in [5.41, 5.74) is 0.582. The van der Waals surface area contributed by atoms with Gasteiger partial charge in [0, 0.05) is 28.2 Å². The lowest BCUT2D eigenvalue weighted by molar-refractivity contribution is 0.0700. The Morgan fingerprint density at radius 1 is 1.50 bits per heavy atom. The Labute approximate surface area is 121 Å². The van der Waals surface area contributed by atoms with Crippen LogP contribution < -0.4 is 0 Å². The Hall–Kier alpha value is -1.46. The number of fused-ring (bicyclic) bond motifs is 1. The van der Waals surface area contributed by atoms with E-state index in [0.29, 0.717) is 28.2 Å². The molecule has 0 bridgehead atoms. The summed E-state index contributed by atoms with van der Waals surface area (Å²) in [6.07, 6.45) is 0.962. The molecular formula is C15H18FNO2S. The Morgan fingerprint density at radius 3 is 2.80 bits per heavy atom. The minimum Gasteiger partial charge on any atom is -0.477 e. The summed E-state index contributed by atoms with van der Waals surface area (Å²) in [5.74, 6) is -1.34. The molecule has 1 unspecified atom stereocenters. The van der Waals surface area contributed by atoms with Crippen molar-refractivity contribution < 1.29 is 14.3 Å². The molecule has 2 rings (SSSR count). The Kier molecular flexibility index (Phi) is 4.40. The molecule has 0 radical (unpaired) electrons. The van der Waals surface area contributed by atoms with Crippen LogP contribution in [0.3, 0.4) is 0 Å². The molecule has 1 heterocycles. The number of aromatic carboxylic acids is 1.